The quantitative estimate of drug-likeness (QED) is 0.838. The average Bonchev–Trinajstić information content (AvgIpc) is 3.06. The lowest BCUT2D eigenvalue weighted by molar-refractivity contribution is 0.229. The summed E-state index contributed by atoms with van der Waals surface area (Å²) >= 11 is 0. The van der Waals surface area contributed by atoms with Gasteiger partial charge in [-0.25, -0.2) is 0 Å². The van der Waals surface area contributed by atoms with Crippen molar-refractivity contribution in [2.45, 2.75) is 24.8 Å². The van der Waals surface area contributed by atoms with Gasteiger partial charge >= 0.3 is 0 Å². The Morgan fingerprint density at radius 3 is 2.24 bits per heavy atom. The van der Waals surface area contributed by atoms with E-state index in [4.69, 9.17) is 24.5 Å². The van der Waals surface area contributed by atoms with E-state index in [1.807, 2.05) is 12.1 Å². The fourth-order valence-electron chi connectivity index (χ4n) is 2.63. The number of ether oxygens (including phenoxy) is 3. The minimum absolute atomic E-state index is 0. The van der Waals surface area contributed by atoms with Crippen molar-refractivity contribution in [1.29, 1.82) is 0 Å². The molecule has 0 aliphatic heterocycles. The highest BCUT2D eigenvalue weighted by molar-refractivity contribution is 5.85. The lowest BCUT2D eigenvalue weighted by atomic mass is 9.77. The molecule has 1 aliphatic rings. The fraction of sp³-hybridized carbons (Fsp3) is 0.412. The first-order valence-corrected chi connectivity index (χ1v) is 7.71. The van der Waals surface area contributed by atoms with Gasteiger partial charge in [0.05, 0.1) is 26.9 Å². The van der Waals surface area contributed by atoms with E-state index in [0.717, 1.165) is 24.8 Å². The number of benzene rings is 1. The number of rotatable bonds is 6. The number of aromatic nitrogens is 2. The van der Waals surface area contributed by atoms with Crippen LogP contribution in [0.1, 0.15) is 36.5 Å². The maximum Gasteiger partial charge on any atom is 0.250 e. The number of nitrogens with two attached hydrogens (primary N) is 1. The van der Waals surface area contributed by atoms with Crippen molar-refractivity contribution in [1.82, 2.24) is 10.1 Å². The summed E-state index contributed by atoms with van der Waals surface area (Å²) in [6.45, 7) is 0. The first-order chi connectivity index (χ1) is 11.6. The van der Waals surface area contributed by atoms with Crippen LogP contribution in [0, 0.1) is 0 Å². The first kappa shape index (κ1) is 19.1. The third-order valence-corrected chi connectivity index (χ3v) is 4.27. The highest BCUT2D eigenvalue weighted by Gasteiger charge is 2.38. The molecule has 136 valence electrons. The third kappa shape index (κ3) is 3.72. The van der Waals surface area contributed by atoms with E-state index in [0.29, 0.717) is 29.0 Å². The van der Waals surface area contributed by atoms with E-state index in [9.17, 15) is 0 Å². The number of nitrogens with zero attached hydrogens (tertiary/aromatic N) is 2. The van der Waals surface area contributed by atoms with Crippen molar-refractivity contribution in [3.63, 3.8) is 0 Å². The van der Waals surface area contributed by atoms with Crippen molar-refractivity contribution in [2.24, 2.45) is 5.73 Å². The molecule has 1 aromatic heterocycles. The molecule has 0 saturated heterocycles. The summed E-state index contributed by atoms with van der Waals surface area (Å²) in [6, 6.07) is 3.59. The highest BCUT2D eigenvalue weighted by Crippen LogP contribution is 2.37. The summed E-state index contributed by atoms with van der Waals surface area (Å²) in [5, 5.41) is 3.99. The Hall–Kier alpha value is -2.25. The van der Waals surface area contributed by atoms with E-state index < -0.39 is 5.54 Å². The van der Waals surface area contributed by atoms with Gasteiger partial charge < -0.3 is 24.5 Å². The van der Waals surface area contributed by atoms with E-state index >= 15 is 0 Å². The molecule has 0 atom stereocenters. The summed E-state index contributed by atoms with van der Waals surface area (Å²) in [7, 11) is 4.76. The molecule has 1 saturated carbocycles. The molecule has 0 unspecified atom stereocenters. The number of halogens is 1. The van der Waals surface area contributed by atoms with Crippen LogP contribution in [-0.2, 0) is 5.54 Å². The van der Waals surface area contributed by atoms with Gasteiger partial charge in [0.15, 0.2) is 17.3 Å². The van der Waals surface area contributed by atoms with Gasteiger partial charge in [0, 0.05) is 17.7 Å². The van der Waals surface area contributed by atoms with Crippen LogP contribution >= 0.6 is 12.4 Å². The summed E-state index contributed by atoms with van der Waals surface area (Å²) < 4.78 is 21.2. The van der Waals surface area contributed by atoms with Crippen molar-refractivity contribution in [3.05, 3.63) is 29.4 Å². The zero-order chi connectivity index (χ0) is 17.2. The highest BCUT2D eigenvalue weighted by atomic mass is 35.5. The molecular weight excluding hydrogens is 346 g/mol. The van der Waals surface area contributed by atoms with Gasteiger partial charge in [0.1, 0.15) is 5.75 Å². The van der Waals surface area contributed by atoms with Crippen LogP contribution in [0.4, 0.5) is 0 Å². The summed E-state index contributed by atoms with van der Waals surface area (Å²) in [5.74, 6) is 2.82. The van der Waals surface area contributed by atoms with Crippen LogP contribution in [-0.4, -0.2) is 31.5 Å². The molecule has 0 spiro atoms. The second kappa shape index (κ2) is 7.76. The molecule has 2 aromatic rings. The van der Waals surface area contributed by atoms with Gasteiger partial charge in [-0.2, -0.15) is 4.98 Å². The summed E-state index contributed by atoms with van der Waals surface area (Å²) in [5.41, 5.74) is 6.57. The zero-order valence-electron chi connectivity index (χ0n) is 14.4. The SMILES string of the molecule is COc1cc(OC)c(OC)cc1/C=C/c1nc(C2(N)CCC2)no1.Cl. The Labute approximate surface area is 152 Å². The molecule has 8 heteroatoms. The van der Waals surface area contributed by atoms with Crippen molar-refractivity contribution < 1.29 is 18.7 Å². The maximum atomic E-state index is 6.20. The normalized spacial score (nSPS) is 15.4. The molecule has 2 N–H and O–H groups in total. The predicted molar refractivity (Wildman–Crippen MR) is 96.3 cm³/mol. The molecule has 0 bridgehead atoms. The first-order valence-electron chi connectivity index (χ1n) is 7.71. The monoisotopic (exact) mass is 367 g/mol. The van der Waals surface area contributed by atoms with Crippen molar-refractivity contribution >= 4 is 24.6 Å². The van der Waals surface area contributed by atoms with Gasteiger partial charge in [-0.3, -0.25) is 0 Å². The Balaban J connectivity index is 0.00000225. The minimum Gasteiger partial charge on any atom is -0.496 e. The van der Waals surface area contributed by atoms with Crippen molar-refractivity contribution in [3.8, 4) is 17.2 Å². The Kier molecular flexibility index (Phi) is 5.92. The van der Waals surface area contributed by atoms with Crippen LogP contribution in [0.3, 0.4) is 0 Å². The van der Waals surface area contributed by atoms with Crippen LogP contribution in [0.15, 0.2) is 16.7 Å². The minimum atomic E-state index is -0.434. The van der Waals surface area contributed by atoms with Crippen LogP contribution in [0.25, 0.3) is 12.2 Å². The summed E-state index contributed by atoms with van der Waals surface area (Å²) in [6.07, 6.45) is 6.42. The predicted octanol–water partition coefficient (Wildman–Crippen LogP) is 3.03. The zero-order valence-corrected chi connectivity index (χ0v) is 15.3. The van der Waals surface area contributed by atoms with E-state index in [1.54, 1.807) is 33.5 Å². The smallest absolute Gasteiger partial charge is 0.250 e. The number of hydrogen-bond acceptors (Lipinski definition) is 7. The second-order valence-electron chi connectivity index (χ2n) is 5.75. The van der Waals surface area contributed by atoms with E-state index in [1.165, 1.54) is 0 Å². The Morgan fingerprint density at radius 2 is 1.68 bits per heavy atom. The lowest BCUT2D eigenvalue weighted by Gasteiger charge is -2.34. The average molecular weight is 368 g/mol. The van der Waals surface area contributed by atoms with Gasteiger partial charge in [0.25, 0.3) is 5.89 Å². The number of hydrogen-bond donors (Lipinski definition) is 1. The van der Waals surface area contributed by atoms with E-state index in [2.05, 4.69) is 10.1 Å². The molecule has 1 aromatic carbocycles. The van der Waals surface area contributed by atoms with Crippen LogP contribution < -0.4 is 19.9 Å². The molecule has 3 rings (SSSR count). The second-order valence-corrected chi connectivity index (χ2v) is 5.75. The lowest BCUT2D eigenvalue weighted by Crippen LogP contribution is -2.44. The van der Waals surface area contributed by atoms with Gasteiger partial charge in [-0.1, -0.05) is 5.16 Å². The molecule has 0 radical (unpaired) electrons. The summed E-state index contributed by atoms with van der Waals surface area (Å²) in [4.78, 5) is 4.36. The van der Waals surface area contributed by atoms with Gasteiger partial charge in [-0.15, -0.1) is 12.4 Å². The third-order valence-electron chi connectivity index (χ3n) is 4.27. The van der Waals surface area contributed by atoms with E-state index in [-0.39, 0.29) is 12.4 Å². The van der Waals surface area contributed by atoms with Gasteiger partial charge in [-0.05, 0) is 31.4 Å². The Bertz CT molecular complexity index is 756. The number of methoxy groups -OCH3 is 3. The Morgan fingerprint density at radius 1 is 1.04 bits per heavy atom. The molecule has 7 nitrogen and oxygen atoms in total. The molecule has 1 fully saturated rings. The van der Waals surface area contributed by atoms with Crippen LogP contribution in [0.2, 0.25) is 0 Å². The molecule has 0 amide bonds. The molecule has 1 aliphatic carbocycles. The van der Waals surface area contributed by atoms with Crippen LogP contribution in [0.5, 0.6) is 17.2 Å². The topological polar surface area (TPSA) is 92.6 Å². The largest absolute Gasteiger partial charge is 0.496 e. The standard InChI is InChI=1S/C17H21N3O4.ClH/c1-21-12-10-14(23-3)13(22-2)9-11(12)5-6-15-19-16(20-24-15)17(18)7-4-8-17;/h5-6,9-10H,4,7-8,18H2,1-3H3;1H/b6-5+;. The molecular formula is C17H22ClN3O4. The molecule has 1 heterocycles. The molecule has 25 heavy (non-hydrogen) atoms. The van der Waals surface area contributed by atoms with Gasteiger partial charge in [0.2, 0.25) is 0 Å². The fourth-order valence-corrected chi connectivity index (χ4v) is 2.63. The maximum absolute atomic E-state index is 6.20. The van der Waals surface area contributed by atoms with Crippen molar-refractivity contribution in [2.75, 3.05) is 21.3 Å².